The van der Waals surface area contributed by atoms with Crippen LogP contribution in [0.3, 0.4) is 0 Å². The van der Waals surface area contributed by atoms with Crippen molar-refractivity contribution >= 4 is 23.2 Å². The molecule has 1 N–H and O–H groups in total. The topological polar surface area (TPSA) is 56.1 Å². The highest BCUT2D eigenvalue weighted by molar-refractivity contribution is 6.30. The third-order valence-corrected chi connectivity index (χ3v) is 4.32. The maximum absolute atomic E-state index is 13.7. The van der Waals surface area contributed by atoms with Crippen LogP contribution in [0.1, 0.15) is 16.7 Å². The lowest BCUT2D eigenvalue weighted by molar-refractivity contribution is 0.402. The maximum atomic E-state index is 13.7. The van der Waals surface area contributed by atoms with Gasteiger partial charge in [-0.3, -0.25) is 4.79 Å². The van der Waals surface area contributed by atoms with Crippen LogP contribution in [-0.2, 0) is 6.54 Å². The van der Waals surface area contributed by atoms with Gasteiger partial charge in [0.1, 0.15) is 5.82 Å². The van der Waals surface area contributed by atoms with E-state index in [0.29, 0.717) is 16.5 Å². The van der Waals surface area contributed by atoms with Crippen molar-refractivity contribution in [2.45, 2.75) is 20.4 Å². The fourth-order valence-electron chi connectivity index (χ4n) is 2.72. The highest BCUT2D eigenvalue weighted by Crippen LogP contribution is 2.22. The van der Waals surface area contributed by atoms with Gasteiger partial charge in [-0.15, -0.1) is 0 Å². The molecule has 2 aromatic carbocycles. The van der Waals surface area contributed by atoms with Crippen molar-refractivity contribution in [2.75, 3.05) is 12.4 Å². The molecule has 27 heavy (non-hydrogen) atoms. The van der Waals surface area contributed by atoms with Crippen LogP contribution in [0.4, 0.5) is 16.0 Å². The maximum Gasteiger partial charge on any atom is 0.316 e. The van der Waals surface area contributed by atoms with Gasteiger partial charge in [-0.1, -0.05) is 23.7 Å². The van der Waals surface area contributed by atoms with E-state index in [4.69, 9.17) is 16.3 Å². The molecular weight excluding hydrogens is 369 g/mol. The molecule has 0 aliphatic rings. The second kappa shape index (κ2) is 7.80. The monoisotopic (exact) mass is 387 g/mol. The van der Waals surface area contributed by atoms with E-state index < -0.39 is 11.4 Å². The molecule has 0 aliphatic carbocycles. The summed E-state index contributed by atoms with van der Waals surface area (Å²) in [7, 11) is 1.40. The van der Waals surface area contributed by atoms with Crippen molar-refractivity contribution in [1.82, 2.24) is 9.55 Å². The first-order valence-corrected chi connectivity index (χ1v) is 8.68. The smallest absolute Gasteiger partial charge is 0.316 e. The number of hydrogen-bond acceptors (Lipinski definition) is 4. The molecule has 0 atom stereocenters. The van der Waals surface area contributed by atoms with E-state index >= 15 is 0 Å². The quantitative estimate of drug-likeness (QED) is 0.702. The Morgan fingerprint density at radius 2 is 2.00 bits per heavy atom. The minimum atomic E-state index is -0.487. The molecule has 5 nitrogen and oxygen atoms in total. The number of anilines is 2. The first-order chi connectivity index (χ1) is 12.9. The number of nitrogens with one attached hydrogen (secondary N) is 1. The van der Waals surface area contributed by atoms with Crippen LogP contribution in [0, 0.1) is 19.7 Å². The third kappa shape index (κ3) is 4.46. The van der Waals surface area contributed by atoms with Crippen LogP contribution in [0.5, 0.6) is 5.75 Å². The Labute approximate surface area is 161 Å². The Balaban J connectivity index is 2.05. The SMILES string of the molecule is COc1cn(Cc2cc(F)cc(Cl)c2)c(Nc2cc(C)ccc2C)nc1=O. The number of benzene rings is 2. The Morgan fingerprint density at radius 1 is 1.22 bits per heavy atom. The summed E-state index contributed by atoms with van der Waals surface area (Å²) in [6.07, 6.45) is 1.54. The van der Waals surface area contributed by atoms with E-state index in [0.717, 1.165) is 16.8 Å². The lowest BCUT2D eigenvalue weighted by atomic mass is 10.1. The number of hydrogen-bond donors (Lipinski definition) is 1. The zero-order valence-electron chi connectivity index (χ0n) is 15.2. The molecule has 7 heteroatoms. The van der Waals surface area contributed by atoms with Gasteiger partial charge in [-0.25, -0.2) is 4.39 Å². The van der Waals surface area contributed by atoms with Crippen molar-refractivity contribution in [3.63, 3.8) is 0 Å². The summed E-state index contributed by atoms with van der Waals surface area (Å²) in [5, 5.41) is 3.49. The van der Waals surface area contributed by atoms with Gasteiger partial charge < -0.3 is 14.6 Å². The van der Waals surface area contributed by atoms with Gasteiger partial charge in [-0.2, -0.15) is 4.98 Å². The number of ether oxygens (including phenoxy) is 1. The zero-order chi connectivity index (χ0) is 19.6. The molecule has 0 radical (unpaired) electrons. The summed E-state index contributed by atoms with van der Waals surface area (Å²) >= 11 is 5.95. The van der Waals surface area contributed by atoms with E-state index in [1.807, 2.05) is 32.0 Å². The van der Waals surface area contributed by atoms with Crippen molar-refractivity contribution in [3.8, 4) is 5.75 Å². The number of rotatable bonds is 5. The van der Waals surface area contributed by atoms with E-state index in [1.54, 1.807) is 16.8 Å². The van der Waals surface area contributed by atoms with Gasteiger partial charge in [0.05, 0.1) is 19.9 Å². The first kappa shape index (κ1) is 18.9. The van der Waals surface area contributed by atoms with E-state index in [1.165, 1.54) is 19.2 Å². The molecule has 140 valence electrons. The van der Waals surface area contributed by atoms with Gasteiger partial charge in [0.2, 0.25) is 11.7 Å². The predicted octanol–water partition coefficient (Wildman–Crippen LogP) is 4.45. The van der Waals surface area contributed by atoms with Crippen LogP contribution in [-0.4, -0.2) is 16.7 Å². The third-order valence-electron chi connectivity index (χ3n) is 4.10. The summed E-state index contributed by atoms with van der Waals surface area (Å²) in [6, 6.07) is 10.2. The molecule has 0 saturated carbocycles. The molecule has 3 rings (SSSR count). The Kier molecular flexibility index (Phi) is 5.46. The fourth-order valence-corrected chi connectivity index (χ4v) is 2.97. The Hall–Kier alpha value is -2.86. The highest BCUT2D eigenvalue weighted by atomic mass is 35.5. The molecule has 1 aromatic heterocycles. The molecule has 0 unspecified atom stereocenters. The van der Waals surface area contributed by atoms with Crippen LogP contribution < -0.4 is 15.6 Å². The number of aromatic nitrogens is 2. The highest BCUT2D eigenvalue weighted by Gasteiger charge is 2.12. The largest absolute Gasteiger partial charge is 0.490 e. The van der Waals surface area contributed by atoms with Crippen LogP contribution in [0.2, 0.25) is 5.02 Å². The molecule has 3 aromatic rings. The van der Waals surface area contributed by atoms with Crippen LogP contribution in [0.25, 0.3) is 0 Å². The van der Waals surface area contributed by atoms with Gasteiger partial charge in [0, 0.05) is 10.7 Å². The molecule has 0 bridgehead atoms. The van der Waals surface area contributed by atoms with E-state index in [9.17, 15) is 9.18 Å². The van der Waals surface area contributed by atoms with E-state index in [-0.39, 0.29) is 12.3 Å². The molecule has 0 fully saturated rings. The number of nitrogens with zero attached hydrogens (tertiary/aromatic N) is 2. The van der Waals surface area contributed by atoms with Gasteiger partial charge in [-0.05, 0) is 54.8 Å². The number of aryl methyl sites for hydroxylation is 2. The van der Waals surface area contributed by atoms with Gasteiger partial charge in [0.25, 0.3) is 0 Å². The van der Waals surface area contributed by atoms with Crippen molar-refractivity contribution in [3.05, 3.63) is 80.5 Å². The minimum absolute atomic E-state index is 0.101. The normalized spacial score (nSPS) is 10.7. The molecule has 1 heterocycles. The zero-order valence-corrected chi connectivity index (χ0v) is 16.0. The summed E-state index contributed by atoms with van der Waals surface area (Å²) in [5.74, 6) is 0.00130. The molecule has 0 aliphatic heterocycles. The minimum Gasteiger partial charge on any atom is -0.490 e. The lowest BCUT2D eigenvalue weighted by Gasteiger charge is -2.17. The molecule has 0 spiro atoms. The van der Waals surface area contributed by atoms with Crippen molar-refractivity contribution in [1.29, 1.82) is 0 Å². The number of halogens is 2. The Morgan fingerprint density at radius 3 is 2.70 bits per heavy atom. The lowest BCUT2D eigenvalue weighted by Crippen LogP contribution is -2.19. The second-order valence-electron chi connectivity index (χ2n) is 6.29. The van der Waals surface area contributed by atoms with Crippen molar-refractivity contribution < 1.29 is 9.13 Å². The predicted molar refractivity (Wildman–Crippen MR) is 105 cm³/mol. The number of methoxy groups -OCH3 is 1. The summed E-state index contributed by atoms with van der Waals surface area (Å²) in [4.78, 5) is 16.3. The van der Waals surface area contributed by atoms with Crippen LogP contribution >= 0.6 is 11.6 Å². The summed E-state index contributed by atoms with van der Waals surface area (Å²) < 4.78 is 20.5. The van der Waals surface area contributed by atoms with Gasteiger partial charge >= 0.3 is 5.56 Å². The van der Waals surface area contributed by atoms with Gasteiger partial charge in [0.15, 0.2) is 0 Å². The molecular formula is C20H19ClFN3O2. The summed E-state index contributed by atoms with van der Waals surface area (Å²) in [5.41, 5.74) is 3.06. The molecule has 0 saturated heterocycles. The average molecular weight is 388 g/mol. The standard InChI is InChI=1S/C20H19ClFN3O2/c1-12-4-5-13(2)17(6-12)23-20-24-19(26)18(27-3)11-25(20)10-14-7-15(21)9-16(22)8-14/h4-9,11H,10H2,1-3H3,(H,23,24,26). The average Bonchev–Trinajstić information content (AvgIpc) is 2.59. The van der Waals surface area contributed by atoms with E-state index in [2.05, 4.69) is 10.3 Å². The van der Waals surface area contributed by atoms with Crippen molar-refractivity contribution in [2.24, 2.45) is 0 Å². The van der Waals surface area contributed by atoms with Crippen LogP contribution in [0.15, 0.2) is 47.4 Å². The second-order valence-corrected chi connectivity index (χ2v) is 6.72. The first-order valence-electron chi connectivity index (χ1n) is 8.30. The Bertz CT molecular complexity index is 1030. The summed E-state index contributed by atoms with van der Waals surface area (Å²) in [6.45, 7) is 4.20. The fraction of sp³-hybridized carbons (Fsp3) is 0.200. The molecule has 0 amide bonds.